The van der Waals surface area contributed by atoms with Gasteiger partial charge in [-0.1, -0.05) is 6.07 Å². The lowest BCUT2D eigenvalue weighted by Crippen LogP contribution is -2.28. The molecule has 1 amide bonds. The van der Waals surface area contributed by atoms with Crippen molar-refractivity contribution in [3.05, 3.63) is 75.7 Å². The zero-order chi connectivity index (χ0) is 22.2. The van der Waals surface area contributed by atoms with Gasteiger partial charge in [-0.15, -0.1) is 11.3 Å². The number of Topliss-reactive ketones (excluding diaryl/α,β-unsaturated/α-hetero) is 1. The van der Waals surface area contributed by atoms with E-state index in [0.717, 1.165) is 4.88 Å². The van der Waals surface area contributed by atoms with E-state index in [1.54, 1.807) is 30.5 Å². The molecule has 0 aliphatic carbocycles. The Balaban J connectivity index is 1.70. The number of hydrogen-bond donors (Lipinski definition) is 1. The number of aliphatic hydroxyl groups excluding tert-OH is 1. The molecule has 4 heterocycles. The molecule has 0 bridgehead atoms. The van der Waals surface area contributed by atoms with Gasteiger partial charge in [0.05, 0.1) is 25.3 Å². The molecular weight excluding hydrogens is 432 g/mol. The minimum atomic E-state index is -0.847. The van der Waals surface area contributed by atoms with Crippen molar-refractivity contribution < 1.29 is 28.9 Å². The minimum Gasteiger partial charge on any atom is -0.507 e. The van der Waals surface area contributed by atoms with Crippen LogP contribution < -0.4 is 14.2 Å². The number of hydrogen-bond acceptors (Lipinski definition) is 8. The maximum atomic E-state index is 13.1. The number of aliphatic hydroxyl groups is 1. The molecule has 0 saturated carbocycles. The normalized spacial score (nSPS) is 18.9. The lowest BCUT2D eigenvalue weighted by molar-refractivity contribution is -0.140. The lowest BCUT2D eigenvalue weighted by Gasteiger charge is -2.25. The fourth-order valence-corrected chi connectivity index (χ4v) is 4.63. The predicted molar refractivity (Wildman–Crippen MR) is 116 cm³/mol. The average Bonchev–Trinajstić information content (AvgIpc) is 3.56. The third-order valence-electron chi connectivity index (χ3n) is 5.38. The Morgan fingerprint density at radius 1 is 1.28 bits per heavy atom. The van der Waals surface area contributed by atoms with Gasteiger partial charge in [-0.3, -0.25) is 14.6 Å². The molecule has 1 atom stereocenters. The van der Waals surface area contributed by atoms with Gasteiger partial charge in [-0.05, 0) is 41.3 Å². The summed E-state index contributed by atoms with van der Waals surface area (Å²) in [6.07, 6.45) is 3.01. The highest BCUT2D eigenvalue weighted by Crippen LogP contribution is 2.47. The second-order valence-electron chi connectivity index (χ2n) is 7.21. The van der Waals surface area contributed by atoms with Crippen LogP contribution in [0.2, 0.25) is 0 Å². The molecule has 2 aromatic heterocycles. The van der Waals surface area contributed by atoms with E-state index in [0.29, 0.717) is 28.4 Å². The summed E-state index contributed by atoms with van der Waals surface area (Å²) >= 11 is 1.48. The topological polar surface area (TPSA) is 98.2 Å². The van der Waals surface area contributed by atoms with Crippen LogP contribution in [-0.2, 0) is 16.1 Å². The standard InChI is InChI=1S/C23H18N2O6S/c1-29-16-8-14(9-17-22(16)31-12-30-17)19-18(20(26)13-4-2-6-24-10-13)21(27)23(28)25(19)11-15-5-3-7-32-15/h2-10,19,26H,11-12H2,1H3/b20-18+. The van der Waals surface area contributed by atoms with Crippen molar-refractivity contribution in [2.24, 2.45) is 0 Å². The van der Waals surface area contributed by atoms with Crippen LogP contribution >= 0.6 is 11.3 Å². The molecule has 1 fully saturated rings. The van der Waals surface area contributed by atoms with Gasteiger partial charge in [0.2, 0.25) is 12.5 Å². The number of likely N-dealkylation sites (tertiary alicyclic amines) is 1. The Kier molecular flexibility index (Phi) is 5.02. The Labute approximate surface area is 187 Å². The van der Waals surface area contributed by atoms with Gasteiger partial charge in [-0.2, -0.15) is 0 Å². The second-order valence-corrected chi connectivity index (χ2v) is 8.24. The lowest BCUT2D eigenvalue weighted by atomic mass is 9.95. The molecule has 3 aromatic rings. The van der Waals surface area contributed by atoms with E-state index >= 15 is 0 Å². The summed E-state index contributed by atoms with van der Waals surface area (Å²) < 4.78 is 16.5. The van der Waals surface area contributed by atoms with Crippen molar-refractivity contribution in [1.82, 2.24) is 9.88 Å². The average molecular weight is 450 g/mol. The summed E-state index contributed by atoms with van der Waals surface area (Å²) in [5.74, 6) is -0.416. The molecule has 8 nitrogen and oxygen atoms in total. The van der Waals surface area contributed by atoms with E-state index in [1.165, 1.54) is 29.5 Å². The second kappa shape index (κ2) is 8.01. The molecule has 9 heteroatoms. The summed E-state index contributed by atoms with van der Waals surface area (Å²) in [7, 11) is 1.50. The molecule has 1 N–H and O–H groups in total. The molecule has 0 spiro atoms. The number of ether oxygens (including phenoxy) is 3. The van der Waals surface area contributed by atoms with Crippen molar-refractivity contribution in [2.75, 3.05) is 13.9 Å². The van der Waals surface area contributed by atoms with E-state index in [1.807, 2.05) is 17.5 Å². The van der Waals surface area contributed by atoms with Crippen LogP contribution in [-0.4, -0.2) is 40.6 Å². The molecule has 2 aliphatic rings. The highest BCUT2D eigenvalue weighted by Gasteiger charge is 2.47. The molecule has 2 aliphatic heterocycles. The van der Waals surface area contributed by atoms with Gasteiger partial charge in [0.1, 0.15) is 5.76 Å². The number of fused-ring (bicyclic) bond motifs is 1. The Morgan fingerprint density at radius 2 is 2.16 bits per heavy atom. The largest absolute Gasteiger partial charge is 0.507 e. The Morgan fingerprint density at radius 3 is 2.88 bits per heavy atom. The quantitative estimate of drug-likeness (QED) is 0.361. The summed E-state index contributed by atoms with van der Waals surface area (Å²) in [4.78, 5) is 32.6. The van der Waals surface area contributed by atoms with Gasteiger partial charge in [-0.25, -0.2) is 0 Å². The monoisotopic (exact) mass is 450 g/mol. The van der Waals surface area contributed by atoms with Crippen LogP contribution in [0.5, 0.6) is 17.2 Å². The summed E-state index contributed by atoms with van der Waals surface area (Å²) in [5.41, 5.74) is 0.895. The third kappa shape index (κ3) is 3.27. The zero-order valence-corrected chi connectivity index (χ0v) is 17.8. The number of carbonyl (C=O) groups is 2. The number of nitrogens with zero attached hydrogens (tertiary/aromatic N) is 2. The molecule has 1 unspecified atom stereocenters. The first-order valence-electron chi connectivity index (χ1n) is 9.77. The number of methoxy groups -OCH3 is 1. The van der Waals surface area contributed by atoms with E-state index in [-0.39, 0.29) is 24.7 Å². The number of rotatable bonds is 5. The van der Waals surface area contributed by atoms with E-state index in [2.05, 4.69) is 4.98 Å². The van der Waals surface area contributed by atoms with Gasteiger partial charge in [0.15, 0.2) is 11.5 Å². The highest BCUT2D eigenvalue weighted by atomic mass is 32.1. The fourth-order valence-electron chi connectivity index (χ4n) is 3.93. The van der Waals surface area contributed by atoms with Crippen LogP contribution in [0.3, 0.4) is 0 Å². The van der Waals surface area contributed by atoms with Gasteiger partial charge in [0.25, 0.3) is 11.7 Å². The van der Waals surface area contributed by atoms with Crippen molar-refractivity contribution in [3.63, 3.8) is 0 Å². The van der Waals surface area contributed by atoms with Crippen LogP contribution in [0.25, 0.3) is 5.76 Å². The predicted octanol–water partition coefficient (Wildman–Crippen LogP) is 3.50. The smallest absolute Gasteiger partial charge is 0.295 e. The number of ketones is 1. The molecule has 1 aromatic carbocycles. The Bertz CT molecular complexity index is 1220. The molecule has 32 heavy (non-hydrogen) atoms. The van der Waals surface area contributed by atoms with Crippen molar-refractivity contribution in [2.45, 2.75) is 12.6 Å². The molecular formula is C23H18N2O6S. The first-order chi connectivity index (χ1) is 15.6. The van der Waals surface area contributed by atoms with Gasteiger partial charge in [0, 0.05) is 22.8 Å². The number of thiophene rings is 1. The molecule has 0 radical (unpaired) electrons. The van der Waals surface area contributed by atoms with Crippen LogP contribution in [0.4, 0.5) is 0 Å². The highest BCUT2D eigenvalue weighted by molar-refractivity contribution is 7.09. The molecule has 5 rings (SSSR count). The number of benzene rings is 1. The number of amides is 1. The Hall–Kier alpha value is -3.85. The van der Waals surface area contributed by atoms with Crippen LogP contribution in [0.15, 0.2) is 59.7 Å². The maximum Gasteiger partial charge on any atom is 0.295 e. The first-order valence-corrected chi connectivity index (χ1v) is 10.6. The zero-order valence-electron chi connectivity index (χ0n) is 17.0. The van der Waals surface area contributed by atoms with Crippen molar-refractivity contribution >= 4 is 28.8 Å². The molecule has 1 saturated heterocycles. The summed E-state index contributed by atoms with van der Waals surface area (Å²) in [6.45, 7) is 0.258. The molecule has 162 valence electrons. The van der Waals surface area contributed by atoms with E-state index in [4.69, 9.17) is 14.2 Å². The van der Waals surface area contributed by atoms with E-state index < -0.39 is 17.7 Å². The van der Waals surface area contributed by atoms with Gasteiger partial charge >= 0.3 is 0 Å². The van der Waals surface area contributed by atoms with Gasteiger partial charge < -0.3 is 24.2 Å². The van der Waals surface area contributed by atoms with Crippen LogP contribution in [0, 0.1) is 0 Å². The summed E-state index contributed by atoms with van der Waals surface area (Å²) in [5, 5.41) is 13.0. The summed E-state index contributed by atoms with van der Waals surface area (Å²) in [6, 6.07) is 9.61. The number of pyridine rings is 1. The van der Waals surface area contributed by atoms with Crippen LogP contribution in [0.1, 0.15) is 22.0 Å². The third-order valence-corrected chi connectivity index (χ3v) is 6.24. The minimum absolute atomic E-state index is 0.0134. The fraction of sp³-hybridized carbons (Fsp3) is 0.174. The first kappa shape index (κ1) is 20.1. The number of carbonyl (C=O) groups excluding carboxylic acids is 2. The van der Waals surface area contributed by atoms with Crippen molar-refractivity contribution in [3.8, 4) is 17.2 Å². The maximum absolute atomic E-state index is 13.1. The van der Waals surface area contributed by atoms with Crippen molar-refractivity contribution in [1.29, 1.82) is 0 Å². The van der Waals surface area contributed by atoms with E-state index in [9.17, 15) is 14.7 Å². The number of aromatic nitrogens is 1. The SMILES string of the molecule is COc1cc(C2/C(=C(\O)c3cccnc3)C(=O)C(=O)N2Cc2cccs2)cc2c1OCO2.